The molecule has 2 heterocycles. The summed E-state index contributed by atoms with van der Waals surface area (Å²) >= 11 is 1.04. The molecule has 0 saturated carbocycles. The summed E-state index contributed by atoms with van der Waals surface area (Å²) in [4.78, 5) is 23.4. The molecular formula is C16H17N3O5S2. The molecule has 1 amide bonds. The van der Waals surface area contributed by atoms with Gasteiger partial charge in [0.15, 0.2) is 0 Å². The molecule has 1 aromatic carbocycles. The van der Waals surface area contributed by atoms with Crippen molar-refractivity contribution in [1.29, 1.82) is 0 Å². The van der Waals surface area contributed by atoms with Crippen LogP contribution in [0.25, 0.3) is 0 Å². The van der Waals surface area contributed by atoms with Crippen LogP contribution in [0.5, 0.6) is 0 Å². The van der Waals surface area contributed by atoms with Crippen molar-refractivity contribution in [2.45, 2.75) is 24.7 Å². The lowest BCUT2D eigenvalue weighted by Crippen LogP contribution is -2.27. The summed E-state index contributed by atoms with van der Waals surface area (Å²) in [5, 5.41) is 13.5. The average Bonchev–Trinajstić information content (AvgIpc) is 3.25. The van der Waals surface area contributed by atoms with E-state index in [1.165, 1.54) is 34.6 Å². The minimum Gasteiger partial charge on any atom is -0.321 e. The van der Waals surface area contributed by atoms with Gasteiger partial charge in [0.05, 0.1) is 19.6 Å². The molecule has 8 nitrogen and oxygen atoms in total. The topological polar surface area (TPSA) is 110 Å². The van der Waals surface area contributed by atoms with Crippen molar-refractivity contribution in [3.8, 4) is 0 Å². The molecule has 0 radical (unpaired) electrons. The normalized spacial score (nSPS) is 15.1. The minimum absolute atomic E-state index is 0.0906. The van der Waals surface area contributed by atoms with Gasteiger partial charge in [0.1, 0.15) is 0 Å². The Labute approximate surface area is 154 Å². The number of amides is 1. The molecule has 26 heavy (non-hydrogen) atoms. The van der Waals surface area contributed by atoms with E-state index in [0.717, 1.165) is 24.2 Å². The quantitative estimate of drug-likeness (QED) is 0.618. The number of carbonyl (C=O) groups excluding carboxylic acids is 1. The molecule has 138 valence electrons. The lowest BCUT2D eigenvalue weighted by molar-refractivity contribution is -0.385. The average molecular weight is 395 g/mol. The zero-order valence-corrected chi connectivity index (χ0v) is 15.6. The Morgan fingerprint density at radius 3 is 2.38 bits per heavy atom. The third-order valence-electron chi connectivity index (χ3n) is 4.13. The van der Waals surface area contributed by atoms with Crippen LogP contribution in [0.15, 0.2) is 35.2 Å². The Morgan fingerprint density at radius 1 is 1.23 bits per heavy atom. The number of nitrogens with one attached hydrogen (secondary N) is 1. The van der Waals surface area contributed by atoms with Crippen LogP contribution >= 0.6 is 11.3 Å². The maximum absolute atomic E-state index is 12.5. The van der Waals surface area contributed by atoms with Gasteiger partial charge in [-0.25, -0.2) is 8.42 Å². The second-order valence-electron chi connectivity index (χ2n) is 5.90. The van der Waals surface area contributed by atoms with Gasteiger partial charge >= 0.3 is 0 Å². The molecule has 0 aliphatic carbocycles. The van der Waals surface area contributed by atoms with Crippen LogP contribution in [0.4, 0.5) is 11.4 Å². The molecule has 2 aromatic rings. The van der Waals surface area contributed by atoms with Crippen molar-refractivity contribution in [3.05, 3.63) is 50.2 Å². The van der Waals surface area contributed by atoms with Crippen molar-refractivity contribution in [2.24, 2.45) is 0 Å². The van der Waals surface area contributed by atoms with E-state index in [9.17, 15) is 23.3 Å². The van der Waals surface area contributed by atoms with E-state index in [2.05, 4.69) is 5.32 Å². The van der Waals surface area contributed by atoms with Crippen LogP contribution in [0.2, 0.25) is 0 Å². The van der Waals surface area contributed by atoms with E-state index in [1.807, 2.05) is 0 Å². The SMILES string of the molecule is Cc1sc(C(=O)Nc2ccc(S(=O)(=O)N3CCCC3)cc2)cc1[N+](=O)[O-]. The van der Waals surface area contributed by atoms with Crippen LogP contribution in [0, 0.1) is 17.0 Å². The van der Waals surface area contributed by atoms with Crippen molar-refractivity contribution < 1.29 is 18.1 Å². The van der Waals surface area contributed by atoms with E-state index in [0.29, 0.717) is 23.7 Å². The van der Waals surface area contributed by atoms with Crippen LogP contribution in [-0.4, -0.2) is 36.6 Å². The summed E-state index contributed by atoms with van der Waals surface area (Å²) < 4.78 is 26.4. The number of benzene rings is 1. The molecule has 10 heteroatoms. The first-order valence-electron chi connectivity index (χ1n) is 7.95. The fraction of sp³-hybridized carbons (Fsp3) is 0.312. The van der Waals surface area contributed by atoms with Crippen LogP contribution in [0.3, 0.4) is 0 Å². The third-order valence-corrected chi connectivity index (χ3v) is 7.08. The molecule has 1 aromatic heterocycles. The number of aryl methyl sites for hydroxylation is 1. The number of sulfonamides is 1. The molecule has 0 atom stereocenters. The second kappa shape index (κ2) is 7.14. The smallest absolute Gasteiger partial charge is 0.283 e. The monoisotopic (exact) mass is 395 g/mol. The van der Waals surface area contributed by atoms with E-state index in [4.69, 9.17) is 0 Å². The van der Waals surface area contributed by atoms with Crippen LogP contribution < -0.4 is 5.32 Å². The van der Waals surface area contributed by atoms with Crippen LogP contribution in [-0.2, 0) is 10.0 Å². The van der Waals surface area contributed by atoms with Gasteiger partial charge in [0.2, 0.25) is 10.0 Å². The summed E-state index contributed by atoms with van der Waals surface area (Å²) in [6.45, 7) is 2.63. The highest BCUT2D eigenvalue weighted by atomic mass is 32.2. The van der Waals surface area contributed by atoms with Gasteiger partial charge in [-0.3, -0.25) is 14.9 Å². The number of anilines is 1. The van der Waals surface area contributed by atoms with E-state index < -0.39 is 20.9 Å². The van der Waals surface area contributed by atoms with Gasteiger partial charge in [-0.05, 0) is 44.0 Å². The first-order chi connectivity index (χ1) is 12.3. The summed E-state index contributed by atoms with van der Waals surface area (Å²) in [7, 11) is -3.50. The van der Waals surface area contributed by atoms with Gasteiger partial charge in [-0.15, -0.1) is 11.3 Å². The van der Waals surface area contributed by atoms with E-state index in [1.54, 1.807) is 6.92 Å². The highest BCUT2D eigenvalue weighted by Gasteiger charge is 2.27. The Morgan fingerprint density at radius 2 is 1.85 bits per heavy atom. The zero-order valence-electron chi connectivity index (χ0n) is 14.0. The Bertz CT molecular complexity index is 945. The first-order valence-corrected chi connectivity index (χ1v) is 10.2. The predicted molar refractivity (Wildman–Crippen MR) is 98.1 cm³/mol. The zero-order chi connectivity index (χ0) is 18.9. The minimum atomic E-state index is -3.50. The predicted octanol–water partition coefficient (Wildman–Crippen LogP) is 3.00. The number of thiophene rings is 1. The number of hydrogen-bond donors (Lipinski definition) is 1. The van der Waals surface area contributed by atoms with Gasteiger partial charge in [0, 0.05) is 24.8 Å². The molecule has 1 fully saturated rings. The van der Waals surface area contributed by atoms with Crippen molar-refractivity contribution in [2.75, 3.05) is 18.4 Å². The van der Waals surface area contributed by atoms with Gasteiger partial charge < -0.3 is 5.32 Å². The summed E-state index contributed by atoms with van der Waals surface area (Å²) in [5.41, 5.74) is 0.330. The molecule has 3 rings (SSSR count). The van der Waals surface area contributed by atoms with E-state index in [-0.39, 0.29) is 15.5 Å². The highest BCUT2D eigenvalue weighted by molar-refractivity contribution is 7.89. The maximum Gasteiger partial charge on any atom is 0.283 e. The summed E-state index contributed by atoms with van der Waals surface area (Å²) in [6.07, 6.45) is 1.72. The standard InChI is InChI=1S/C16H17N3O5S2/c1-11-14(19(21)22)10-15(25-11)16(20)17-12-4-6-13(7-5-12)26(23,24)18-8-2-3-9-18/h4-7,10H,2-3,8-9H2,1H3,(H,17,20). The number of rotatable bonds is 5. The molecular weight excluding hydrogens is 378 g/mol. The largest absolute Gasteiger partial charge is 0.321 e. The molecule has 0 unspecified atom stereocenters. The van der Waals surface area contributed by atoms with Crippen molar-refractivity contribution in [1.82, 2.24) is 4.31 Å². The Hall–Kier alpha value is -2.30. The van der Waals surface area contributed by atoms with Gasteiger partial charge in [0.25, 0.3) is 11.6 Å². The van der Waals surface area contributed by atoms with Crippen molar-refractivity contribution in [3.63, 3.8) is 0 Å². The molecule has 1 aliphatic heterocycles. The molecule has 1 N–H and O–H groups in total. The van der Waals surface area contributed by atoms with E-state index >= 15 is 0 Å². The second-order valence-corrected chi connectivity index (χ2v) is 9.09. The number of carbonyl (C=O) groups is 1. The Balaban J connectivity index is 1.74. The molecule has 0 bridgehead atoms. The Kier molecular flexibility index (Phi) is 5.08. The lowest BCUT2D eigenvalue weighted by atomic mass is 10.3. The number of nitrogens with zero attached hydrogens (tertiary/aromatic N) is 2. The van der Waals surface area contributed by atoms with Gasteiger partial charge in [-0.1, -0.05) is 0 Å². The fourth-order valence-electron chi connectivity index (χ4n) is 2.75. The molecule has 0 spiro atoms. The first kappa shape index (κ1) is 18.5. The third kappa shape index (κ3) is 3.62. The maximum atomic E-state index is 12.5. The number of hydrogen-bond acceptors (Lipinski definition) is 6. The lowest BCUT2D eigenvalue weighted by Gasteiger charge is -2.15. The summed E-state index contributed by atoms with van der Waals surface area (Å²) in [5.74, 6) is -0.471. The summed E-state index contributed by atoms with van der Waals surface area (Å²) in [6, 6.07) is 7.16. The van der Waals surface area contributed by atoms with Gasteiger partial charge in [-0.2, -0.15) is 4.31 Å². The molecule has 1 saturated heterocycles. The fourth-order valence-corrected chi connectivity index (χ4v) is 5.15. The highest BCUT2D eigenvalue weighted by Crippen LogP contribution is 2.29. The number of nitro groups is 1. The van der Waals surface area contributed by atoms with Crippen molar-refractivity contribution >= 4 is 38.6 Å². The van der Waals surface area contributed by atoms with Crippen LogP contribution in [0.1, 0.15) is 27.4 Å². The molecule has 1 aliphatic rings.